The molecule has 42 heavy (non-hydrogen) atoms. The molecule has 0 unspecified atom stereocenters. The van der Waals surface area contributed by atoms with Gasteiger partial charge in [-0.2, -0.15) is 0 Å². The van der Waals surface area contributed by atoms with Crippen LogP contribution in [0.5, 0.6) is 0 Å². The molecular weight excluding hydrogens is 532 g/mol. The number of ketones is 1. The highest BCUT2D eigenvalue weighted by Crippen LogP contribution is 2.25. The first-order valence-corrected chi connectivity index (χ1v) is 14.7. The summed E-state index contributed by atoms with van der Waals surface area (Å²) in [6.45, 7) is 10.8. The summed E-state index contributed by atoms with van der Waals surface area (Å²) in [5.41, 5.74) is 1.73. The van der Waals surface area contributed by atoms with E-state index in [0.717, 1.165) is 5.57 Å². The lowest BCUT2D eigenvalue weighted by atomic mass is 9.85. The second-order valence-corrected chi connectivity index (χ2v) is 11.0. The van der Waals surface area contributed by atoms with Crippen molar-refractivity contribution in [1.82, 2.24) is 0 Å². The van der Waals surface area contributed by atoms with Gasteiger partial charge in [0.05, 0.1) is 24.7 Å². The first-order chi connectivity index (χ1) is 19.9. The van der Waals surface area contributed by atoms with Gasteiger partial charge >= 0.3 is 5.97 Å². The zero-order valence-corrected chi connectivity index (χ0v) is 25.9. The predicted octanol–water partition coefficient (Wildman–Crippen LogP) is 5.40. The summed E-state index contributed by atoms with van der Waals surface area (Å²) in [6, 6.07) is 0. The molecule has 1 rings (SSSR count). The maximum atomic E-state index is 12.8. The van der Waals surface area contributed by atoms with E-state index in [1.54, 1.807) is 80.7 Å². The Kier molecular flexibility index (Phi) is 17.5. The average Bonchev–Trinajstić information content (AvgIpc) is 2.95. The fourth-order valence-electron chi connectivity index (χ4n) is 4.39. The summed E-state index contributed by atoms with van der Waals surface area (Å²) in [5, 5.41) is 41.9. The molecule has 0 aromatic rings. The Hall–Kier alpha value is -3.10. The smallest absolute Gasteiger partial charge is 0.309 e. The molecule has 0 bridgehead atoms. The van der Waals surface area contributed by atoms with Crippen LogP contribution in [0.1, 0.15) is 67.2 Å². The van der Waals surface area contributed by atoms with Crippen LogP contribution in [0.2, 0.25) is 0 Å². The van der Waals surface area contributed by atoms with Gasteiger partial charge in [-0.05, 0) is 69.8 Å². The minimum absolute atomic E-state index is 0.0309. The van der Waals surface area contributed by atoms with Crippen LogP contribution in [0.4, 0.5) is 0 Å². The van der Waals surface area contributed by atoms with Gasteiger partial charge in [-0.1, -0.05) is 86.3 Å². The predicted molar refractivity (Wildman–Crippen MR) is 168 cm³/mol. The summed E-state index contributed by atoms with van der Waals surface area (Å²) >= 11 is 0. The van der Waals surface area contributed by atoms with Crippen molar-refractivity contribution in [2.75, 3.05) is 0 Å². The molecule has 0 amide bonds. The van der Waals surface area contributed by atoms with E-state index in [4.69, 9.17) is 4.74 Å². The first kappa shape index (κ1) is 36.9. The lowest BCUT2D eigenvalue weighted by Gasteiger charge is -2.31. The molecule has 232 valence electrons. The Bertz CT molecular complexity index is 1100. The standard InChI is InChI=1S/C35H50O7/c1-7-14-29(36)21-19-27(5)34(40)28(6)32-18-12-10-8-9-11-17-30(37)35(41)26(4)16-13-15-24(2)23-31(38)25(3)20-22-33(39)42-32/h7-17,20,23,27-32,34,36-38,40H,18-19,21-22H2,1-6H3/b9-8-,12-10-,14-7-,15-13-,17-11-,24-23-,25-20-,26-16-/t27-,28-,29+,30-,31+,32-,34-/m1/s1. The van der Waals surface area contributed by atoms with E-state index in [9.17, 15) is 30.0 Å². The number of hydrogen-bond acceptors (Lipinski definition) is 7. The number of carbonyl (C=O) groups excluding carboxylic acids is 2. The molecule has 0 saturated heterocycles. The van der Waals surface area contributed by atoms with Crippen molar-refractivity contribution in [3.63, 3.8) is 0 Å². The van der Waals surface area contributed by atoms with Gasteiger partial charge in [0, 0.05) is 12.3 Å². The monoisotopic (exact) mass is 582 g/mol. The van der Waals surface area contributed by atoms with Gasteiger partial charge < -0.3 is 25.2 Å². The number of allylic oxidation sites excluding steroid dienone is 9. The van der Waals surface area contributed by atoms with Gasteiger partial charge in [-0.25, -0.2) is 0 Å². The van der Waals surface area contributed by atoms with Crippen LogP contribution in [0.3, 0.4) is 0 Å². The number of aliphatic hydroxyl groups excluding tert-OH is 4. The summed E-state index contributed by atoms with van der Waals surface area (Å²) in [5.74, 6) is -1.39. The van der Waals surface area contributed by atoms with Crippen LogP contribution < -0.4 is 0 Å². The van der Waals surface area contributed by atoms with Crippen molar-refractivity contribution < 1.29 is 34.8 Å². The SMILES string of the molecule is C/C=C\[C@H](O)CC[C@@H](C)[C@@H](O)[C@H](C)[C@H]1C\C=C/C=C\C=C/[C@@H](O)C(=O)\C(C)=C/C=C\C(C)=C/[C@H](O)/C(C)=C\CC(=O)O1. The molecule has 7 heteroatoms. The normalized spacial score (nSPS) is 31.8. The Balaban J connectivity index is 3.21. The third-order valence-electron chi connectivity index (χ3n) is 7.30. The highest BCUT2D eigenvalue weighted by Gasteiger charge is 2.30. The van der Waals surface area contributed by atoms with E-state index in [-0.39, 0.29) is 18.3 Å². The van der Waals surface area contributed by atoms with E-state index in [1.807, 2.05) is 33.8 Å². The van der Waals surface area contributed by atoms with Gasteiger partial charge in [-0.3, -0.25) is 9.59 Å². The van der Waals surface area contributed by atoms with E-state index >= 15 is 0 Å². The van der Waals surface area contributed by atoms with Gasteiger partial charge in [0.25, 0.3) is 0 Å². The fourth-order valence-corrected chi connectivity index (χ4v) is 4.39. The summed E-state index contributed by atoms with van der Waals surface area (Å²) in [6.07, 6.45) is 19.1. The third-order valence-corrected chi connectivity index (χ3v) is 7.30. The highest BCUT2D eigenvalue weighted by atomic mass is 16.5. The Morgan fingerprint density at radius 2 is 1.67 bits per heavy atom. The molecular formula is C35H50O7. The van der Waals surface area contributed by atoms with Gasteiger partial charge in [-0.15, -0.1) is 0 Å². The minimum atomic E-state index is -1.28. The minimum Gasteiger partial charge on any atom is -0.461 e. The number of rotatable bonds is 7. The van der Waals surface area contributed by atoms with Crippen molar-refractivity contribution >= 4 is 11.8 Å². The molecule has 0 spiro atoms. The van der Waals surface area contributed by atoms with Gasteiger partial charge in [0.2, 0.25) is 0 Å². The molecule has 4 N–H and O–H groups in total. The number of hydrogen-bond donors (Lipinski definition) is 4. The molecule has 1 heterocycles. The lowest BCUT2D eigenvalue weighted by Crippen LogP contribution is -2.37. The number of aliphatic hydroxyl groups is 4. The molecule has 0 fully saturated rings. The van der Waals surface area contributed by atoms with Gasteiger partial charge in [0.15, 0.2) is 5.78 Å². The molecule has 7 nitrogen and oxygen atoms in total. The van der Waals surface area contributed by atoms with E-state index in [0.29, 0.717) is 30.4 Å². The molecule has 0 radical (unpaired) electrons. The summed E-state index contributed by atoms with van der Waals surface area (Å²) < 4.78 is 5.82. The number of esters is 1. The van der Waals surface area contributed by atoms with Crippen LogP contribution in [-0.4, -0.2) is 62.7 Å². The molecule has 0 aliphatic carbocycles. The van der Waals surface area contributed by atoms with E-state index in [1.165, 1.54) is 6.08 Å². The molecule has 0 saturated carbocycles. The Morgan fingerprint density at radius 3 is 2.36 bits per heavy atom. The molecule has 0 aromatic heterocycles. The number of carbonyl (C=O) groups is 2. The Labute approximate surface area is 251 Å². The molecule has 0 aromatic carbocycles. The maximum Gasteiger partial charge on any atom is 0.309 e. The zero-order chi connectivity index (χ0) is 31.7. The van der Waals surface area contributed by atoms with E-state index in [2.05, 4.69) is 0 Å². The van der Waals surface area contributed by atoms with Crippen LogP contribution in [-0.2, 0) is 14.3 Å². The van der Waals surface area contributed by atoms with Crippen molar-refractivity contribution in [2.24, 2.45) is 11.8 Å². The third kappa shape index (κ3) is 14.2. The highest BCUT2D eigenvalue weighted by molar-refractivity contribution is 5.99. The van der Waals surface area contributed by atoms with Crippen molar-refractivity contribution in [3.8, 4) is 0 Å². The second-order valence-electron chi connectivity index (χ2n) is 11.0. The van der Waals surface area contributed by atoms with Crippen molar-refractivity contribution in [2.45, 2.75) is 97.7 Å². The fraction of sp³-hybridized carbons (Fsp3) is 0.486. The lowest BCUT2D eigenvalue weighted by molar-refractivity contribution is -0.153. The largest absolute Gasteiger partial charge is 0.461 e. The van der Waals surface area contributed by atoms with Crippen LogP contribution in [0.25, 0.3) is 0 Å². The first-order valence-electron chi connectivity index (χ1n) is 14.7. The maximum absolute atomic E-state index is 12.8. The average molecular weight is 583 g/mol. The van der Waals surface area contributed by atoms with E-state index < -0.39 is 42.3 Å². The number of Topliss-reactive ketones (excluding diaryl/α,β-unsaturated/α-hetero) is 1. The van der Waals surface area contributed by atoms with Crippen molar-refractivity contribution in [1.29, 1.82) is 0 Å². The second kappa shape index (κ2) is 19.9. The van der Waals surface area contributed by atoms with Gasteiger partial charge in [0.1, 0.15) is 12.2 Å². The summed E-state index contributed by atoms with van der Waals surface area (Å²) in [4.78, 5) is 25.2. The van der Waals surface area contributed by atoms with Crippen LogP contribution in [0.15, 0.2) is 95.7 Å². The zero-order valence-electron chi connectivity index (χ0n) is 25.9. The molecule has 1 aliphatic heterocycles. The van der Waals surface area contributed by atoms with Crippen molar-refractivity contribution in [3.05, 3.63) is 95.7 Å². The van der Waals surface area contributed by atoms with Crippen LogP contribution >= 0.6 is 0 Å². The quantitative estimate of drug-likeness (QED) is 0.234. The molecule has 7 atom stereocenters. The topological polar surface area (TPSA) is 124 Å². The summed E-state index contributed by atoms with van der Waals surface area (Å²) in [7, 11) is 0. The van der Waals surface area contributed by atoms with Crippen LogP contribution in [0, 0.1) is 11.8 Å². The molecule has 1 aliphatic rings. The Morgan fingerprint density at radius 1 is 0.976 bits per heavy atom. The number of ether oxygens (including phenoxy) is 1. The number of cyclic esters (lactones) is 1.